The first kappa shape index (κ1) is 14.6. The lowest BCUT2D eigenvalue weighted by atomic mass is 9.76. The van der Waals surface area contributed by atoms with E-state index in [1.54, 1.807) is 0 Å². The van der Waals surface area contributed by atoms with Crippen molar-refractivity contribution in [2.75, 3.05) is 0 Å². The quantitative estimate of drug-likeness (QED) is 0.846. The summed E-state index contributed by atoms with van der Waals surface area (Å²) in [5, 5.41) is 4.34. The van der Waals surface area contributed by atoms with Crippen LogP contribution in [0.15, 0.2) is 12.4 Å². The third-order valence-corrected chi connectivity index (χ3v) is 4.73. The van der Waals surface area contributed by atoms with Crippen molar-refractivity contribution < 1.29 is 0 Å². The third-order valence-electron chi connectivity index (χ3n) is 4.73. The molecule has 0 bridgehead atoms. The molecule has 0 aliphatic heterocycles. The fraction of sp³-hybridized carbons (Fsp3) is 0.812. The van der Waals surface area contributed by atoms with Gasteiger partial charge in [-0.3, -0.25) is 4.68 Å². The average molecular weight is 263 g/mol. The monoisotopic (exact) mass is 263 g/mol. The summed E-state index contributed by atoms with van der Waals surface area (Å²) in [5.74, 6) is 1.62. The van der Waals surface area contributed by atoms with Gasteiger partial charge in [0, 0.05) is 24.3 Å². The van der Waals surface area contributed by atoms with Crippen molar-refractivity contribution in [1.29, 1.82) is 0 Å². The minimum absolute atomic E-state index is 0.187. The van der Waals surface area contributed by atoms with Crippen molar-refractivity contribution in [3.63, 3.8) is 0 Å². The Kier molecular flexibility index (Phi) is 5.44. The van der Waals surface area contributed by atoms with E-state index in [9.17, 15) is 0 Å². The van der Waals surface area contributed by atoms with Gasteiger partial charge in [-0.05, 0) is 31.6 Å². The predicted molar refractivity (Wildman–Crippen MR) is 79.8 cm³/mol. The molecule has 1 aliphatic carbocycles. The number of aryl methyl sites for hydroxylation is 1. The Bertz CT molecular complexity index is 364. The third kappa shape index (κ3) is 3.82. The Labute approximate surface area is 117 Å². The first-order valence-corrected chi connectivity index (χ1v) is 8.02. The Morgan fingerprint density at radius 3 is 2.63 bits per heavy atom. The smallest absolute Gasteiger partial charge is 0.0537 e. The molecule has 2 N–H and O–H groups in total. The van der Waals surface area contributed by atoms with Gasteiger partial charge >= 0.3 is 0 Å². The van der Waals surface area contributed by atoms with Crippen LogP contribution in [0.2, 0.25) is 0 Å². The lowest BCUT2D eigenvalue weighted by molar-refractivity contribution is 0.232. The first-order chi connectivity index (χ1) is 9.24. The number of rotatable bonds is 6. The normalized spacial score (nSPS) is 25.4. The van der Waals surface area contributed by atoms with E-state index in [1.165, 1.54) is 50.5 Å². The van der Waals surface area contributed by atoms with Crippen LogP contribution in [0, 0.1) is 11.8 Å². The maximum Gasteiger partial charge on any atom is 0.0537 e. The molecule has 0 aromatic carbocycles. The van der Waals surface area contributed by atoms with E-state index in [2.05, 4.69) is 25.1 Å². The molecule has 19 heavy (non-hydrogen) atoms. The summed E-state index contributed by atoms with van der Waals surface area (Å²) in [4.78, 5) is 0. The zero-order valence-corrected chi connectivity index (χ0v) is 12.5. The van der Waals surface area contributed by atoms with Crippen LogP contribution in [0.3, 0.4) is 0 Å². The molecule has 1 aromatic rings. The second kappa shape index (κ2) is 7.09. The van der Waals surface area contributed by atoms with Gasteiger partial charge in [0.25, 0.3) is 0 Å². The van der Waals surface area contributed by atoms with Gasteiger partial charge in [0.15, 0.2) is 0 Å². The van der Waals surface area contributed by atoms with Crippen LogP contribution in [0.5, 0.6) is 0 Å². The van der Waals surface area contributed by atoms with E-state index in [4.69, 9.17) is 5.73 Å². The SMILES string of the molecule is CCCCC1CCC(C(N)c2cnn(CC)c2)CC1. The minimum atomic E-state index is 0.187. The Balaban J connectivity index is 1.83. The van der Waals surface area contributed by atoms with Crippen LogP contribution in [0.1, 0.15) is 70.4 Å². The van der Waals surface area contributed by atoms with Crippen LogP contribution in [-0.2, 0) is 6.54 Å². The summed E-state index contributed by atoms with van der Waals surface area (Å²) in [5.41, 5.74) is 7.65. The molecule has 1 unspecified atom stereocenters. The van der Waals surface area contributed by atoms with E-state index < -0.39 is 0 Å². The largest absolute Gasteiger partial charge is 0.324 e. The van der Waals surface area contributed by atoms with E-state index in [-0.39, 0.29) is 6.04 Å². The van der Waals surface area contributed by atoms with E-state index in [0.717, 1.165) is 12.5 Å². The van der Waals surface area contributed by atoms with Crippen molar-refractivity contribution >= 4 is 0 Å². The Morgan fingerprint density at radius 2 is 2.05 bits per heavy atom. The van der Waals surface area contributed by atoms with Crippen LogP contribution < -0.4 is 5.73 Å². The summed E-state index contributed by atoms with van der Waals surface area (Å²) in [6.45, 7) is 5.32. The molecule has 2 rings (SSSR count). The predicted octanol–water partition coefficient (Wildman–Crippen LogP) is 3.90. The molecule has 1 aliphatic rings. The molecule has 108 valence electrons. The molecule has 1 atom stereocenters. The van der Waals surface area contributed by atoms with Crippen molar-refractivity contribution in [2.45, 2.75) is 71.4 Å². The fourth-order valence-electron chi connectivity index (χ4n) is 3.33. The number of hydrogen-bond acceptors (Lipinski definition) is 2. The molecular formula is C16H29N3. The molecular weight excluding hydrogens is 234 g/mol. The molecule has 3 nitrogen and oxygen atoms in total. The van der Waals surface area contributed by atoms with E-state index in [1.807, 2.05) is 10.9 Å². The van der Waals surface area contributed by atoms with Gasteiger partial charge in [0.1, 0.15) is 0 Å². The van der Waals surface area contributed by atoms with Crippen molar-refractivity contribution in [1.82, 2.24) is 9.78 Å². The van der Waals surface area contributed by atoms with Gasteiger partial charge < -0.3 is 5.73 Å². The zero-order chi connectivity index (χ0) is 13.7. The van der Waals surface area contributed by atoms with Crippen LogP contribution in [-0.4, -0.2) is 9.78 Å². The molecule has 0 radical (unpaired) electrons. The van der Waals surface area contributed by atoms with Crippen LogP contribution in [0.4, 0.5) is 0 Å². The average Bonchev–Trinajstić information content (AvgIpc) is 2.94. The standard InChI is InChI=1S/C16H29N3/c1-3-5-6-13-7-9-14(10-8-13)16(17)15-11-18-19(4-2)12-15/h11-14,16H,3-10,17H2,1-2H3. The summed E-state index contributed by atoms with van der Waals surface area (Å²) in [6.07, 6.45) is 13.6. The lowest BCUT2D eigenvalue weighted by Crippen LogP contribution is -2.25. The highest BCUT2D eigenvalue weighted by atomic mass is 15.3. The number of nitrogens with two attached hydrogens (primary N) is 1. The molecule has 1 aromatic heterocycles. The molecule has 3 heteroatoms. The van der Waals surface area contributed by atoms with Crippen molar-refractivity contribution in [3.05, 3.63) is 18.0 Å². The highest BCUT2D eigenvalue weighted by Gasteiger charge is 2.26. The number of nitrogens with zero attached hydrogens (tertiary/aromatic N) is 2. The van der Waals surface area contributed by atoms with E-state index >= 15 is 0 Å². The number of aromatic nitrogens is 2. The maximum absolute atomic E-state index is 6.43. The van der Waals surface area contributed by atoms with Crippen molar-refractivity contribution in [2.24, 2.45) is 17.6 Å². The first-order valence-electron chi connectivity index (χ1n) is 8.02. The molecule has 1 fully saturated rings. The highest BCUT2D eigenvalue weighted by Crippen LogP contribution is 2.37. The molecule has 0 spiro atoms. The van der Waals surface area contributed by atoms with Gasteiger partial charge in [0.2, 0.25) is 0 Å². The summed E-state index contributed by atoms with van der Waals surface area (Å²) < 4.78 is 1.97. The molecule has 0 saturated heterocycles. The second-order valence-electron chi connectivity index (χ2n) is 6.08. The van der Waals surface area contributed by atoms with Crippen LogP contribution >= 0.6 is 0 Å². The summed E-state index contributed by atoms with van der Waals surface area (Å²) in [7, 11) is 0. The van der Waals surface area contributed by atoms with Gasteiger partial charge in [0.05, 0.1) is 6.20 Å². The highest BCUT2D eigenvalue weighted by molar-refractivity contribution is 5.11. The lowest BCUT2D eigenvalue weighted by Gasteiger charge is -2.31. The Morgan fingerprint density at radius 1 is 1.32 bits per heavy atom. The number of unbranched alkanes of at least 4 members (excludes halogenated alkanes) is 1. The molecule has 0 amide bonds. The van der Waals surface area contributed by atoms with Gasteiger partial charge in [-0.15, -0.1) is 0 Å². The van der Waals surface area contributed by atoms with Gasteiger partial charge in [-0.2, -0.15) is 5.10 Å². The minimum Gasteiger partial charge on any atom is -0.324 e. The zero-order valence-electron chi connectivity index (χ0n) is 12.5. The number of hydrogen-bond donors (Lipinski definition) is 1. The fourth-order valence-corrected chi connectivity index (χ4v) is 3.33. The van der Waals surface area contributed by atoms with Gasteiger partial charge in [-0.1, -0.05) is 39.0 Å². The van der Waals surface area contributed by atoms with Crippen LogP contribution in [0.25, 0.3) is 0 Å². The summed E-state index contributed by atoms with van der Waals surface area (Å²) in [6, 6.07) is 0.187. The maximum atomic E-state index is 6.43. The second-order valence-corrected chi connectivity index (χ2v) is 6.08. The summed E-state index contributed by atoms with van der Waals surface area (Å²) >= 11 is 0. The molecule has 1 heterocycles. The van der Waals surface area contributed by atoms with E-state index in [0.29, 0.717) is 5.92 Å². The Hall–Kier alpha value is -0.830. The molecule has 1 saturated carbocycles. The van der Waals surface area contributed by atoms with Gasteiger partial charge in [-0.25, -0.2) is 0 Å². The van der Waals surface area contributed by atoms with Crippen molar-refractivity contribution in [3.8, 4) is 0 Å². The topological polar surface area (TPSA) is 43.8 Å².